The number of ketones is 1. The van der Waals surface area contributed by atoms with Crippen LogP contribution in [-0.4, -0.2) is 47.7 Å². The zero-order valence-corrected chi connectivity index (χ0v) is 19.3. The molecule has 0 atom stereocenters. The SMILES string of the molecule is CC(C)N(CCCCOCC(=O)C(F)(F)F)c1cnc(-c2ccccc2)c(-c2ccccc2)n1. The molecule has 0 fully saturated rings. The quantitative estimate of drug-likeness (QED) is 0.323. The molecule has 0 spiro atoms. The molecular weight excluding hydrogens is 443 g/mol. The first-order valence-electron chi connectivity index (χ1n) is 11.2. The highest BCUT2D eigenvalue weighted by molar-refractivity contribution is 5.85. The highest BCUT2D eigenvalue weighted by Crippen LogP contribution is 2.31. The Bertz CT molecular complexity index is 1060. The lowest BCUT2D eigenvalue weighted by molar-refractivity contribution is -0.175. The molecule has 180 valence electrons. The van der Waals surface area contributed by atoms with Crippen LogP contribution >= 0.6 is 0 Å². The summed E-state index contributed by atoms with van der Waals surface area (Å²) < 4.78 is 41.6. The molecule has 3 aromatic rings. The fourth-order valence-electron chi connectivity index (χ4n) is 3.49. The zero-order chi connectivity index (χ0) is 24.6. The van der Waals surface area contributed by atoms with Crippen molar-refractivity contribution in [3.05, 3.63) is 66.9 Å². The minimum Gasteiger partial charge on any atom is -0.373 e. The molecule has 0 aliphatic heterocycles. The number of aromatic nitrogens is 2. The minimum absolute atomic E-state index is 0.0850. The molecule has 1 heterocycles. The van der Waals surface area contributed by atoms with Gasteiger partial charge in [-0.1, -0.05) is 60.7 Å². The van der Waals surface area contributed by atoms with Crippen LogP contribution in [0.25, 0.3) is 22.5 Å². The highest BCUT2D eigenvalue weighted by atomic mass is 19.4. The van der Waals surface area contributed by atoms with Crippen LogP contribution in [-0.2, 0) is 9.53 Å². The topological polar surface area (TPSA) is 55.3 Å². The van der Waals surface area contributed by atoms with E-state index in [9.17, 15) is 18.0 Å². The average molecular weight is 472 g/mol. The van der Waals surface area contributed by atoms with Crippen LogP contribution in [0.5, 0.6) is 0 Å². The van der Waals surface area contributed by atoms with Gasteiger partial charge in [-0.25, -0.2) is 4.98 Å². The van der Waals surface area contributed by atoms with Crippen LogP contribution in [0.1, 0.15) is 26.7 Å². The fraction of sp³-hybridized carbons (Fsp3) is 0.346. The molecule has 0 bridgehead atoms. The number of hydrogen-bond acceptors (Lipinski definition) is 5. The van der Waals surface area contributed by atoms with Gasteiger partial charge in [-0.3, -0.25) is 9.78 Å². The van der Waals surface area contributed by atoms with Gasteiger partial charge in [0, 0.05) is 30.3 Å². The lowest BCUT2D eigenvalue weighted by Crippen LogP contribution is -2.33. The number of Topliss-reactive ketones (excluding diaryl/α,β-unsaturated/α-hetero) is 1. The van der Waals surface area contributed by atoms with Crippen LogP contribution in [0.2, 0.25) is 0 Å². The number of hydrogen-bond donors (Lipinski definition) is 0. The minimum atomic E-state index is -4.85. The number of carbonyl (C=O) groups excluding carboxylic acids is 1. The molecule has 2 aromatic carbocycles. The number of anilines is 1. The van der Waals surface area contributed by atoms with Crippen molar-refractivity contribution in [1.29, 1.82) is 0 Å². The summed E-state index contributed by atoms with van der Waals surface area (Å²) in [6.45, 7) is 3.87. The number of carbonyl (C=O) groups is 1. The lowest BCUT2D eigenvalue weighted by Gasteiger charge is -2.28. The van der Waals surface area contributed by atoms with Gasteiger partial charge in [-0.05, 0) is 26.7 Å². The normalized spacial score (nSPS) is 11.6. The van der Waals surface area contributed by atoms with Crippen LogP contribution in [0.4, 0.5) is 19.0 Å². The van der Waals surface area contributed by atoms with E-state index in [0.717, 1.165) is 28.3 Å². The summed E-state index contributed by atoms with van der Waals surface area (Å²) >= 11 is 0. The number of ether oxygens (including phenoxy) is 1. The third-order valence-corrected chi connectivity index (χ3v) is 5.26. The van der Waals surface area contributed by atoms with Crippen molar-refractivity contribution >= 4 is 11.6 Å². The largest absolute Gasteiger partial charge is 0.452 e. The molecular formula is C26H28F3N3O2. The van der Waals surface area contributed by atoms with E-state index in [0.29, 0.717) is 19.4 Å². The molecule has 0 amide bonds. The van der Waals surface area contributed by atoms with Gasteiger partial charge in [0.25, 0.3) is 5.78 Å². The van der Waals surface area contributed by atoms with Gasteiger partial charge in [-0.2, -0.15) is 13.2 Å². The maximum Gasteiger partial charge on any atom is 0.452 e. The van der Waals surface area contributed by atoms with Crippen molar-refractivity contribution in [2.75, 3.05) is 24.7 Å². The molecule has 5 nitrogen and oxygen atoms in total. The number of alkyl halides is 3. The lowest BCUT2D eigenvalue weighted by atomic mass is 10.0. The summed E-state index contributed by atoms with van der Waals surface area (Å²) in [6.07, 6.45) is -1.90. The van der Waals surface area contributed by atoms with Crippen molar-refractivity contribution < 1.29 is 22.7 Å². The third-order valence-electron chi connectivity index (χ3n) is 5.26. The van der Waals surface area contributed by atoms with Crippen molar-refractivity contribution in [1.82, 2.24) is 9.97 Å². The molecule has 1 aromatic heterocycles. The molecule has 0 N–H and O–H groups in total. The molecule has 0 aliphatic carbocycles. The van der Waals surface area contributed by atoms with Gasteiger partial charge in [0.15, 0.2) is 0 Å². The summed E-state index contributed by atoms with van der Waals surface area (Å²) in [5, 5.41) is 0. The Labute approximate surface area is 197 Å². The van der Waals surface area contributed by atoms with Gasteiger partial charge < -0.3 is 9.64 Å². The Hall–Kier alpha value is -3.26. The zero-order valence-electron chi connectivity index (χ0n) is 19.3. The number of unbranched alkanes of at least 4 members (excludes halogenated alkanes) is 1. The molecule has 0 unspecified atom stereocenters. The second kappa shape index (κ2) is 11.7. The Morgan fingerprint density at radius 1 is 0.941 bits per heavy atom. The Morgan fingerprint density at radius 3 is 2.09 bits per heavy atom. The van der Waals surface area contributed by atoms with E-state index in [4.69, 9.17) is 14.7 Å². The first-order chi connectivity index (χ1) is 16.3. The number of benzene rings is 2. The summed E-state index contributed by atoms with van der Waals surface area (Å²) in [7, 11) is 0. The van der Waals surface area contributed by atoms with E-state index in [1.807, 2.05) is 74.5 Å². The van der Waals surface area contributed by atoms with Crippen molar-refractivity contribution in [3.63, 3.8) is 0 Å². The van der Waals surface area contributed by atoms with E-state index in [-0.39, 0.29) is 12.6 Å². The molecule has 3 rings (SSSR count). The van der Waals surface area contributed by atoms with Gasteiger partial charge >= 0.3 is 6.18 Å². The van der Waals surface area contributed by atoms with E-state index < -0.39 is 18.6 Å². The second-order valence-corrected chi connectivity index (χ2v) is 8.13. The summed E-state index contributed by atoms with van der Waals surface area (Å²) in [4.78, 5) is 22.7. The maximum atomic E-state index is 12.2. The number of nitrogens with zero attached hydrogens (tertiary/aromatic N) is 3. The van der Waals surface area contributed by atoms with Gasteiger partial charge in [0.05, 0.1) is 17.6 Å². The maximum absolute atomic E-state index is 12.2. The monoisotopic (exact) mass is 471 g/mol. The van der Waals surface area contributed by atoms with Crippen LogP contribution in [0, 0.1) is 0 Å². The third kappa shape index (κ3) is 6.87. The predicted molar refractivity (Wildman–Crippen MR) is 127 cm³/mol. The van der Waals surface area contributed by atoms with Crippen LogP contribution in [0.3, 0.4) is 0 Å². The smallest absolute Gasteiger partial charge is 0.373 e. The molecule has 0 saturated carbocycles. The highest BCUT2D eigenvalue weighted by Gasteiger charge is 2.37. The first kappa shape index (κ1) is 25.4. The van der Waals surface area contributed by atoms with Crippen molar-refractivity contribution in [2.45, 2.75) is 38.9 Å². The molecule has 8 heteroatoms. The molecule has 0 saturated heterocycles. The summed E-state index contributed by atoms with van der Waals surface area (Å²) in [5.41, 5.74) is 3.51. The molecule has 0 radical (unpaired) electrons. The van der Waals surface area contributed by atoms with E-state index in [1.54, 1.807) is 6.20 Å². The molecule has 34 heavy (non-hydrogen) atoms. The van der Waals surface area contributed by atoms with Crippen LogP contribution in [0.15, 0.2) is 66.9 Å². The Balaban J connectivity index is 1.72. The first-order valence-corrected chi connectivity index (χ1v) is 11.2. The Morgan fingerprint density at radius 2 is 1.53 bits per heavy atom. The predicted octanol–water partition coefficient (Wildman–Crippen LogP) is 5.95. The van der Waals surface area contributed by atoms with Gasteiger partial charge in [0.2, 0.25) is 0 Å². The van der Waals surface area contributed by atoms with Gasteiger partial charge in [0.1, 0.15) is 12.4 Å². The number of rotatable bonds is 11. The summed E-state index contributed by atoms with van der Waals surface area (Å²) in [5.74, 6) is -1.14. The fourth-order valence-corrected chi connectivity index (χ4v) is 3.49. The van der Waals surface area contributed by atoms with E-state index in [2.05, 4.69) is 4.90 Å². The summed E-state index contributed by atoms with van der Waals surface area (Å²) in [6, 6.07) is 19.9. The molecule has 0 aliphatic rings. The number of halogens is 3. The van der Waals surface area contributed by atoms with Crippen molar-refractivity contribution in [3.8, 4) is 22.5 Å². The average Bonchev–Trinajstić information content (AvgIpc) is 2.83. The van der Waals surface area contributed by atoms with E-state index >= 15 is 0 Å². The Kier molecular flexibility index (Phi) is 8.76. The second-order valence-electron chi connectivity index (χ2n) is 8.13. The van der Waals surface area contributed by atoms with Gasteiger partial charge in [-0.15, -0.1) is 0 Å². The standard InChI is InChI=1S/C26H28F3N3O2/c1-19(2)32(15-9-10-16-34-18-22(33)26(27,28)29)23-17-30-24(20-11-5-3-6-12-20)25(31-23)21-13-7-4-8-14-21/h3-8,11-14,17,19H,9-10,15-16,18H2,1-2H3. The van der Waals surface area contributed by atoms with E-state index in [1.165, 1.54) is 0 Å². The van der Waals surface area contributed by atoms with Crippen molar-refractivity contribution in [2.24, 2.45) is 0 Å². The van der Waals surface area contributed by atoms with Crippen LogP contribution < -0.4 is 4.90 Å².